The molecule has 0 radical (unpaired) electrons. The van der Waals surface area contributed by atoms with Crippen molar-refractivity contribution in [1.29, 1.82) is 0 Å². The molecule has 1 aliphatic rings. The molecule has 2 aromatic carbocycles. The first-order valence-corrected chi connectivity index (χ1v) is 7.66. The Labute approximate surface area is 146 Å². The number of rotatable bonds is 3. The largest absolute Gasteiger partial charge is 0.457 e. The number of nitrogens with zero attached hydrogens (tertiary/aromatic N) is 1. The van der Waals surface area contributed by atoms with Crippen LogP contribution in [0.5, 0.6) is 11.5 Å². The maximum atomic E-state index is 6.39. The van der Waals surface area contributed by atoms with Crippen LogP contribution < -0.4 is 15.0 Å². The van der Waals surface area contributed by atoms with Gasteiger partial charge in [-0.2, -0.15) is 0 Å². The maximum Gasteiger partial charge on any atom is 0.129 e. The summed E-state index contributed by atoms with van der Waals surface area (Å²) in [5.41, 5.74) is 1.06. The summed E-state index contributed by atoms with van der Waals surface area (Å²) in [5.74, 6) is 1.46. The van der Waals surface area contributed by atoms with E-state index in [2.05, 4.69) is 10.2 Å². The van der Waals surface area contributed by atoms with Crippen LogP contribution in [0.4, 0.5) is 5.69 Å². The molecule has 0 aliphatic carbocycles. The Morgan fingerprint density at radius 2 is 1.55 bits per heavy atom. The Morgan fingerprint density at radius 3 is 2.18 bits per heavy atom. The van der Waals surface area contributed by atoms with Crippen molar-refractivity contribution in [3.05, 3.63) is 52.5 Å². The van der Waals surface area contributed by atoms with Gasteiger partial charge >= 0.3 is 0 Å². The van der Waals surface area contributed by atoms with Crippen LogP contribution in [0.3, 0.4) is 0 Å². The Morgan fingerprint density at radius 1 is 0.909 bits per heavy atom. The number of benzene rings is 2. The van der Waals surface area contributed by atoms with Gasteiger partial charge in [-0.05, 0) is 36.4 Å². The van der Waals surface area contributed by atoms with Gasteiger partial charge in [0, 0.05) is 37.3 Å². The molecule has 6 heteroatoms. The van der Waals surface area contributed by atoms with Crippen LogP contribution in [0.1, 0.15) is 0 Å². The topological polar surface area (TPSA) is 24.5 Å². The van der Waals surface area contributed by atoms with E-state index in [1.54, 1.807) is 12.1 Å². The third-order valence-corrected chi connectivity index (χ3v) is 3.98. The fourth-order valence-corrected chi connectivity index (χ4v) is 2.77. The standard InChI is InChI=1S/C16H16Cl2N2O.ClH/c17-12-1-3-13(4-2-12)21-14-5-6-16(15(18)11-14)20-9-7-19-8-10-20;/h1-6,11,19H,7-10H2;1H. The SMILES string of the molecule is Cl.Clc1ccc(Oc2ccc(N3CCNCC3)c(Cl)c2)cc1. The van der Waals surface area contributed by atoms with E-state index in [-0.39, 0.29) is 12.4 Å². The summed E-state index contributed by atoms with van der Waals surface area (Å²) in [6, 6.07) is 13.1. The molecular formula is C16H17Cl3N2O. The zero-order valence-corrected chi connectivity index (χ0v) is 14.2. The van der Waals surface area contributed by atoms with Crippen molar-refractivity contribution in [2.75, 3.05) is 31.1 Å². The summed E-state index contributed by atoms with van der Waals surface area (Å²) < 4.78 is 5.78. The second kappa shape index (κ2) is 7.93. The van der Waals surface area contributed by atoms with E-state index in [1.165, 1.54) is 0 Å². The van der Waals surface area contributed by atoms with E-state index in [1.807, 2.05) is 30.3 Å². The van der Waals surface area contributed by atoms with E-state index in [4.69, 9.17) is 27.9 Å². The molecule has 0 bridgehead atoms. The minimum Gasteiger partial charge on any atom is -0.457 e. The van der Waals surface area contributed by atoms with Crippen LogP contribution >= 0.6 is 35.6 Å². The number of hydrogen-bond acceptors (Lipinski definition) is 3. The number of nitrogens with one attached hydrogen (secondary N) is 1. The normalized spacial score (nSPS) is 14.4. The van der Waals surface area contributed by atoms with Crippen molar-refractivity contribution >= 4 is 41.3 Å². The first-order valence-electron chi connectivity index (χ1n) is 6.91. The summed E-state index contributed by atoms with van der Waals surface area (Å²) in [7, 11) is 0. The molecule has 1 aliphatic heterocycles. The summed E-state index contributed by atoms with van der Waals surface area (Å²) in [5, 5.41) is 4.73. The van der Waals surface area contributed by atoms with Crippen LogP contribution in [0.2, 0.25) is 10.0 Å². The molecule has 1 heterocycles. The fourth-order valence-electron chi connectivity index (χ4n) is 2.35. The monoisotopic (exact) mass is 358 g/mol. The fraction of sp³-hybridized carbons (Fsp3) is 0.250. The van der Waals surface area contributed by atoms with Crippen molar-refractivity contribution in [2.24, 2.45) is 0 Å². The second-order valence-electron chi connectivity index (χ2n) is 4.91. The third kappa shape index (κ3) is 4.20. The van der Waals surface area contributed by atoms with E-state index in [9.17, 15) is 0 Å². The minimum atomic E-state index is 0. The Balaban J connectivity index is 0.00000176. The highest BCUT2D eigenvalue weighted by Crippen LogP contribution is 2.32. The molecule has 1 fully saturated rings. The number of halogens is 3. The number of piperazine rings is 1. The van der Waals surface area contributed by atoms with Crippen LogP contribution in [-0.4, -0.2) is 26.2 Å². The van der Waals surface area contributed by atoms with Gasteiger partial charge in [0.05, 0.1) is 10.7 Å². The lowest BCUT2D eigenvalue weighted by Crippen LogP contribution is -2.43. The van der Waals surface area contributed by atoms with Gasteiger partial charge in [-0.3, -0.25) is 0 Å². The smallest absolute Gasteiger partial charge is 0.129 e. The quantitative estimate of drug-likeness (QED) is 0.865. The second-order valence-corrected chi connectivity index (χ2v) is 5.75. The molecule has 0 saturated carbocycles. The van der Waals surface area contributed by atoms with Crippen molar-refractivity contribution < 1.29 is 4.74 Å². The van der Waals surface area contributed by atoms with Crippen LogP contribution in [0, 0.1) is 0 Å². The van der Waals surface area contributed by atoms with Crippen molar-refractivity contribution in [1.82, 2.24) is 5.32 Å². The third-order valence-electron chi connectivity index (χ3n) is 3.43. The lowest BCUT2D eigenvalue weighted by molar-refractivity contribution is 0.482. The molecule has 1 saturated heterocycles. The molecule has 0 spiro atoms. The Hall–Kier alpha value is -1.13. The van der Waals surface area contributed by atoms with Crippen molar-refractivity contribution in [3.8, 4) is 11.5 Å². The van der Waals surface area contributed by atoms with Gasteiger partial charge in [-0.25, -0.2) is 0 Å². The zero-order valence-electron chi connectivity index (χ0n) is 11.9. The number of hydrogen-bond donors (Lipinski definition) is 1. The summed E-state index contributed by atoms with van der Waals surface area (Å²) >= 11 is 12.3. The van der Waals surface area contributed by atoms with Crippen LogP contribution in [0.25, 0.3) is 0 Å². The molecule has 118 valence electrons. The molecule has 3 rings (SSSR count). The molecule has 2 aromatic rings. The Kier molecular flexibility index (Phi) is 6.21. The summed E-state index contributed by atoms with van der Waals surface area (Å²) in [6.45, 7) is 3.91. The van der Waals surface area contributed by atoms with Crippen molar-refractivity contribution in [2.45, 2.75) is 0 Å². The highest BCUT2D eigenvalue weighted by Gasteiger charge is 2.14. The molecular weight excluding hydrogens is 343 g/mol. The summed E-state index contributed by atoms with van der Waals surface area (Å²) in [4.78, 5) is 2.28. The van der Waals surface area contributed by atoms with Crippen LogP contribution in [-0.2, 0) is 0 Å². The molecule has 3 nitrogen and oxygen atoms in total. The molecule has 0 atom stereocenters. The van der Waals surface area contributed by atoms with E-state index in [0.29, 0.717) is 10.0 Å². The first-order chi connectivity index (χ1) is 10.2. The zero-order chi connectivity index (χ0) is 14.7. The lowest BCUT2D eigenvalue weighted by Gasteiger charge is -2.30. The average Bonchev–Trinajstić information content (AvgIpc) is 2.51. The number of ether oxygens (including phenoxy) is 1. The van der Waals surface area contributed by atoms with Gasteiger partial charge in [0.25, 0.3) is 0 Å². The van der Waals surface area contributed by atoms with E-state index < -0.39 is 0 Å². The first kappa shape index (κ1) is 17.2. The van der Waals surface area contributed by atoms with Gasteiger partial charge in [0.2, 0.25) is 0 Å². The summed E-state index contributed by atoms with van der Waals surface area (Å²) in [6.07, 6.45) is 0. The Bertz CT molecular complexity index is 613. The predicted molar refractivity (Wildman–Crippen MR) is 95.3 cm³/mol. The van der Waals surface area contributed by atoms with Crippen molar-refractivity contribution in [3.63, 3.8) is 0 Å². The highest BCUT2D eigenvalue weighted by atomic mass is 35.5. The number of anilines is 1. The minimum absolute atomic E-state index is 0. The average molecular weight is 360 g/mol. The highest BCUT2D eigenvalue weighted by molar-refractivity contribution is 6.33. The van der Waals surface area contributed by atoms with Gasteiger partial charge < -0.3 is 15.0 Å². The molecule has 22 heavy (non-hydrogen) atoms. The van der Waals surface area contributed by atoms with Gasteiger partial charge in [-0.15, -0.1) is 12.4 Å². The van der Waals surface area contributed by atoms with Gasteiger partial charge in [0.15, 0.2) is 0 Å². The molecule has 0 aromatic heterocycles. The van der Waals surface area contributed by atoms with Crippen LogP contribution in [0.15, 0.2) is 42.5 Å². The van der Waals surface area contributed by atoms with E-state index in [0.717, 1.165) is 43.4 Å². The van der Waals surface area contributed by atoms with E-state index >= 15 is 0 Å². The molecule has 0 amide bonds. The van der Waals surface area contributed by atoms with Gasteiger partial charge in [-0.1, -0.05) is 23.2 Å². The maximum absolute atomic E-state index is 6.39. The van der Waals surface area contributed by atoms with Gasteiger partial charge in [0.1, 0.15) is 11.5 Å². The predicted octanol–water partition coefficient (Wildman–Crippen LogP) is 4.62. The molecule has 0 unspecified atom stereocenters. The lowest BCUT2D eigenvalue weighted by atomic mass is 10.2. The molecule has 1 N–H and O–H groups in total.